The average molecular weight is 428 g/mol. The molecule has 0 bridgehead atoms. The second-order valence-corrected chi connectivity index (χ2v) is 7.45. The first-order valence-electron chi connectivity index (χ1n) is 10.6. The van der Waals surface area contributed by atoms with Gasteiger partial charge in [-0.15, -0.1) is 0 Å². The van der Waals surface area contributed by atoms with Crippen molar-refractivity contribution in [3.8, 4) is 5.75 Å². The standard InChI is InChI=1S/C27H25NO4/c1-30-26(29)19-31-25-14-8-13-23-17-20(15-16-24(23)25)18-28-32-27(21-9-4-2-5-10-21)22-11-6-3-7-12-22/h2-14,17-18,27H,15-16,19H2,1H3/b28-18+. The highest BCUT2D eigenvalue weighted by atomic mass is 16.6. The summed E-state index contributed by atoms with van der Waals surface area (Å²) < 4.78 is 10.3. The molecule has 0 N–H and O–H groups in total. The van der Waals surface area contributed by atoms with Crippen LogP contribution in [0.4, 0.5) is 0 Å². The summed E-state index contributed by atoms with van der Waals surface area (Å²) >= 11 is 0. The number of carbonyl (C=O) groups excluding carboxylic acids is 1. The van der Waals surface area contributed by atoms with Crippen molar-refractivity contribution < 1.29 is 19.1 Å². The van der Waals surface area contributed by atoms with Gasteiger partial charge in [-0.25, -0.2) is 4.79 Å². The van der Waals surface area contributed by atoms with Crippen molar-refractivity contribution >= 4 is 18.3 Å². The van der Waals surface area contributed by atoms with E-state index < -0.39 is 5.97 Å². The minimum Gasteiger partial charge on any atom is -0.482 e. The number of hydrogen-bond donors (Lipinski definition) is 0. The fourth-order valence-electron chi connectivity index (χ4n) is 3.69. The smallest absolute Gasteiger partial charge is 0.343 e. The summed E-state index contributed by atoms with van der Waals surface area (Å²) in [5, 5.41) is 4.33. The molecule has 32 heavy (non-hydrogen) atoms. The number of benzene rings is 3. The fourth-order valence-corrected chi connectivity index (χ4v) is 3.69. The van der Waals surface area contributed by atoms with E-state index in [1.165, 1.54) is 7.11 Å². The van der Waals surface area contributed by atoms with Gasteiger partial charge in [0, 0.05) is 5.56 Å². The minimum atomic E-state index is -0.398. The molecule has 5 nitrogen and oxygen atoms in total. The summed E-state index contributed by atoms with van der Waals surface area (Å²) in [6.45, 7) is -0.0980. The zero-order valence-electron chi connectivity index (χ0n) is 17.9. The number of fused-ring (bicyclic) bond motifs is 1. The number of hydrogen-bond acceptors (Lipinski definition) is 5. The number of allylic oxidation sites excluding steroid dienone is 1. The minimum absolute atomic E-state index is 0.0980. The number of carbonyl (C=O) groups is 1. The van der Waals surface area contributed by atoms with Gasteiger partial charge in [0.15, 0.2) is 12.7 Å². The van der Waals surface area contributed by atoms with Crippen molar-refractivity contribution in [1.29, 1.82) is 0 Å². The molecular weight excluding hydrogens is 402 g/mol. The molecular formula is C27H25NO4. The van der Waals surface area contributed by atoms with Gasteiger partial charge in [-0.05, 0) is 47.2 Å². The molecule has 0 atom stereocenters. The Hall–Kier alpha value is -3.86. The van der Waals surface area contributed by atoms with Gasteiger partial charge < -0.3 is 14.3 Å². The van der Waals surface area contributed by atoms with Gasteiger partial charge in [0.25, 0.3) is 0 Å². The van der Waals surface area contributed by atoms with Gasteiger partial charge in [-0.2, -0.15) is 0 Å². The third-order valence-corrected chi connectivity index (χ3v) is 5.34. The summed E-state index contributed by atoms with van der Waals surface area (Å²) in [6, 6.07) is 26.0. The summed E-state index contributed by atoms with van der Waals surface area (Å²) in [5.74, 6) is 0.315. The quantitative estimate of drug-likeness (QED) is 0.276. The van der Waals surface area contributed by atoms with Gasteiger partial charge in [0.1, 0.15) is 5.75 Å². The Morgan fingerprint density at radius 3 is 2.28 bits per heavy atom. The predicted molar refractivity (Wildman–Crippen MR) is 125 cm³/mol. The second kappa shape index (κ2) is 10.4. The molecule has 0 saturated carbocycles. The number of methoxy groups -OCH3 is 1. The Labute approximate surface area is 187 Å². The van der Waals surface area contributed by atoms with Crippen molar-refractivity contribution in [1.82, 2.24) is 0 Å². The molecule has 0 aromatic heterocycles. The second-order valence-electron chi connectivity index (χ2n) is 7.45. The maximum absolute atomic E-state index is 11.4. The lowest BCUT2D eigenvalue weighted by molar-refractivity contribution is -0.142. The number of ether oxygens (including phenoxy) is 2. The molecule has 1 aliphatic rings. The molecule has 1 aliphatic carbocycles. The van der Waals surface area contributed by atoms with Crippen LogP contribution < -0.4 is 4.74 Å². The Balaban J connectivity index is 1.49. The molecule has 0 amide bonds. The zero-order valence-corrected chi connectivity index (χ0v) is 17.9. The summed E-state index contributed by atoms with van der Waals surface area (Å²) in [6.07, 6.45) is 5.19. The topological polar surface area (TPSA) is 57.1 Å². The van der Waals surface area contributed by atoms with E-state index in [1.807, 2.05) is 78.9 Å². The van der Waals surface area contributed by atoms with Crippen molar-refractivity contribution in [3.05, 3.63) is 107 Å². The van der Waals surface area contributed by atoms with Crippen molar-refractivity contribution in [2.24, 2.45) is 5.16 Å². The molecule has 0 heterocycles. The SMILES string of the molecule is COC(=O)COc1cccc2c1CCC(/C=N/OC(c1ccccc1)c1ccccc1)=C2. The van der Waals surface area contributed by atoms with Crippen LogP contribution in [0.3, 0.4) is 0 Å². The molecule has 162 valence electrons. The van der Waals surface area contributed by atoms with Crippen LogP contribution in [0, 0.1) is 0 Å². The van der Waals surface area contributed by atoms with E-state index in [2.05, 4.69) is 16.0 Å². The highest BCUT2D eigenvalue weighted by Gasteiger charge is 2.17. The molecule has 3 aromatic rings. The Kier molecular flexibility index (Phi) is 6.98. The maximum Gasteiger partial charge on any atom is 0.343 e. The molecule has 3 aromatic carbocycles. The van der Waals surface area contributed by atoms with Crippen LogP contribution in [-0.4, -0.2) is 25.9 Å². The first-order chi connectivity index (χ1) is 15.7. The molecule has 0 unspecified atom stereocenters. The average Bonchev–Trinajstić information content (AvgIpc) is 2.86. The lowest BCUT2D eigenvalue weighted by Gasteiger charge is -2.18. The van der Waals surface area contributed by atoms with E-state index in [0.717, 1.165) is 40.7 Å². The highest BCUT2D eigenvalue weighted by Crippen LogP contribution is 2.31. The number of oxime groups is 1. The number of nitrogens with zero attached hydrogens (tertiary/aromatic N) is 1. The van der Waals surface area contributed by atoms with Gasteiger partial charge in [-0.3, -0.25) is 0 Å². The van der Waals surface area contributed by atoms with Crippen LogP contribution in [0.25, 0.3) is 6.08 Å². The third-order valence-electron chi connectivity index (χ3n) is 5.34. The van der Waals surface area contributed by atoms with Crippen LogP contribution in [0.15, 0.2) is 89.6 Å². The largest absolute Gasteiger partial charge is 0.482 e. The van der Waals surface area contributed by atoms with E-state index in [-0.39, 0.29) is 12.7 Å². The molecule has 0 aliphatic heterocycles. The monoisotopic (exact) mass is 427 g/mol. The normalized spacial score (nSPS) is 12.9. The Morgan fingerprint density at radius 1 is 0.938 bits per heavy atom. The first-order valence-corrected chi connectivity index (χ1v) is 10.6. The van der Waals surface area contributed by atoms with E-state index in [1.54, 1.807) is 6.21 Å². The van der Waals surface area contributed by atoms with Gasteiger partial charge in [0.2, 0.25) is 0 Å². The van der Waals surface area contributed by atoms with Crippen molar-refractivity contribution in [3.63, 3.8) is 0 Å². The lowest BCUT2D eigenvalue weighted by Crippen LogP contribution is -2.14. The fraction of sp³-hybridized carbons (Fsp3) is 0.185. The lowest BCUT2D eigenvalue weighted by atomic mass is 9.92. The van der Waals surface area contributed by atoms with Gasteiger partial charge in [0.05, 0.1) is 13.3 Å². The predicted octanol–water partition coefficient (Wildman–Crippen LogP) is 5.36. The number of rotatable bonds is 8. The highest BCUT2D eigenvalue weighted by molar-refractivity contribution is 5.87. The molecule has 0 spiro atoms. The van der Waals surface area contributed by atoms with Crippen LogP contribution in [0.2, 0.25) is 0 Å². The number of esters is 1. The molecule has 0 fully saturated rings. The van der Waals surface area contributed by atoms with E-state index in [4.69, 9.17) is 9.57 Å². The third kappa shape index (κ3) is 5.24. The van der Waals surface area contributed by atoms with Crippen LogP contribution in [0.5, 0.6) is 5.75 Å². The van der Waals surface area contributed by atoms with Crippen molar-refractivity contribution in [2.45, 2.75) is 18.9 Å². The summed E-state index contributed by atoms with van der Waals surface area (Å²) in [7, 11) is 1.35. The summed E-state index contributed by atoms with van der Waals surface area (Å²) in [4.78, 5) is 17.4. The van der Waals surface area contributed by atoms with Crippen LogP contribution in [-0.2, 0) is 20.8 Å². The molecule has 4 rings (SSSR count). The van der Waals surface area contributed by atoms with Gasteiger partial charge in [-0.1, -0.05) is 78.0 Å². The molecule has 5 heteroatoms. The van der Waals surface area contributed by atoms with Crippen LogP contribution >= 0.6 is 0 Å². The Bertz CT molecular complexity index is 1070. The molecule has 0 radical (unpaired) electrons. The molecule has 0 saturated heterocycles. The van der Waals surface area contributed by atoms with E-state index in [0.29, 0.717) is 5.75 Å². The van der Waals surface area contributed by atoms with Gasteiger partial charge >= 0.3 is 5.97 Å². The zero-order chi connectivity index (χ0) is 22.2. The van der Waals surface area contributed by atoms with E-state index >= 15 is 0 Å². The summed E-state index contributed by atoms with van der Waals surface area (Å²) in [5.41, 5.74) is 5.31. The maximum atomic E-state index is 11.4. The van der Waals surface area contributed by atoms with Crippen molar-refractivity contribution in [2.75, 3.05) is 13.7 Å². The Morgan fingerprint density at radius 2 is 1.62 bits per heavy atom. The van der Waals surface area contributed by atoms with E-state index in [9.17, 15) is 4.79 Å². The first kappa shape index (κ1) is 21.4. The van der Waals surface area contributed by atoms with Crippen LogP contribution in [0.1, 0.15) is 34.8 Å².